The summed E-state index contributed by atoms with van der Waals surface area (Å²) >= 11 is 6.01. The van der Waals surface area contributed by atoms with E-state index in [1.54, 1.807) is 18.2 Å². The van der Waals surface area contributed by atoms with Crippen LogP contribution in [0.5, 0.6) is 0 Å². The molecular weight excluding hydrogens is 351 g/mol. The number of hydrogen-bond donors (Lipinski definition) is 0. The first-order valence-electron chi connectivity index (χ1n) is 6.62. The molecule has 1 heterocycles. The molecule has 0 aliphatic heterocycles. The minimum Gasteiger partial charge on any atom is -0.253 e. The molecule has 0 radical (unpaired) electrons. The van der Waals surface area contributed by atoms with Gasteiger partial charge in [-0.1, -0.05) is 31.5 Å². The van der Waals surface area contributed by atoms with Gasteiger partial charge in [-0.25, -0.2) is 8.42 Å². The van der Waals surface area contributed by atoms with Gasteiger partial charge in [-0.3, -0.25) is 4.98 Å². The molecule has 1 aromatic carbocycles. The van der Waals surface area contributed by atoms with Crippen molar-refractivity contribution in [2.75, 3.05) is 0 Å². The fourth-order valence-corrected chi connectivity index (χ4v) is 2.93. The van der Waals surface area contributed by atoms with Crippen LogP contribution in [0.2, 0.25) is 5.02 Å². The SMILES string of the molecule is CC(C)c1cccc(-c2cc(S(=O)(=O)C(F)(F)F)ccc2Cl)n1. The average molecular weight is 364 g/mol. The Morgan fingerprint density at radius 2 is 1.78 bits per heavy atom. The number of aromatic nitrogens is 1. The molecule has 0 N–H and O–H groups in total. The predicted octanol–water partition coefficient (Wildman–Crippen LogP) is 4.82. The third-order valence-electron chi connectivity index (χ3n) is 3.19. The van der Waals surface area contributed by atoms with Gasteiger partial charge in [0.25, 0.3) is 9.84 Å². The zero-order valence-corrected chi connectivity index (χ0v) is 13.8. The Balaban J connectivity index is 2.62. The van der Waals surface area contributed by atoms with E-state index in [0.717, 1.165) is 23.9 Å². The monoisotopic (exact) mass is 363 g/mol. The van der Waals surface area contributed by atoms with Crippen molar-refractivity contribution in [1.82, 2.24) is 4.98 Å². The molecule has 1 aromatic heterocycles. The molecule has 124 valence electrons. The molecule has 0 saturated carbocycles. The van der Waals surface area contributed by atoms with Crippen molar-refractivity contribution in [2.24, 2.45) is 0 Å². The first kappa shape index (κ1) is 17.7. The molecule has 8 heteroatoms. The maximum Gasteiger partial charge on any atom is 0.501 e. The lowest BCUT2D eigenvalue weighted by atomic mass is 10.1. The van der Waals surface area contributed by atoms with Crippen LogP contribution in [0, 0.1) is 0 Å². The zero-order chi connectivity index (χ0) is 17.4. The molecule has 0 saturated heterocycles. The third-order valence-corrected chi connectivity index (χ3v) is 5.00. The second-order valence-electron chi connectivity index (χ2n) is 5.19. The first-order valence-corrected chi connectivity index (χ1v) is 8.48. The smallest absolute Gasteiger partial charge is 0.253 e. The van der Waals surface area contributed by atoms with Crippen LogP contribution >= 0.6 is 11.6 Å². The van der Waals surface area contributed by atoms with Crippen LogP contribution in [0.1, 0.15) is 25.5 Å². The van der Waals surface area contributed by atoms with Crippen molar-refractivity contribution < 1.29 is 21.6 Å². The van der Waals surface area contributed by atoms with E-state index in [0.29, 0.717) is 5.69 Å². The summed E-state index contributed by atoms with van der Waals surface area (Å²) in [5.74, 6) is 0.107. The Morgan fingerprint density at radius 3 is 2.35 bits per heavy atom. The van der Waals surface area contributed by atoms with E-state index in [1.165, 1.54) is 0 Å². The Bertz CT molecular complexity index is 833. The summed E-state index contributed by atoms with van der Waals surface area (Å²) in [5.41, 5.74) is -4.19. The molecule has 2 rings (SSSR count). The van der Waals surface area contributed by atoms with E-state index >= 15 is 0 Å². The third kappa shape index (κ3) is 3.50. The molecule has 0 fully saturated rings. The van der Waals surface area contributed by atoms with Gasteiger partial charge in [0.15, 0.2) is 0 Å². The summed E-state index contributed by atoms with van der Waals surface area (Å²) in [6.07, 6.45) is 0. The molecule has 3 nitrogen and oxygen atoms in total. The molecule has 23 heavy (non-hydrogen) atoms. The average Bonchev–Trinajstić information content (AvgIpc) is 2.46. The highest BCUT2D eigenvalue weighted by molar-refractivity contribution is 7.92. The number of alkyl halides is 3. The van der Waals surface area contributed by atoms with Gasteiger partial charge in [0.2, 0.25) is 0 Å². The van der Waals surface area contributed by atoms with Gasteiger partial charge in [0.1, 0.15) is 0 Å². The molecule has 0 aliphatic rings. The Kier molecular flexibility index (Phi) is 4.73. The van der Waals surface area contributed by atoms with Crippen molar-refractivity contribution in [2.45, 2.75) is 30.2 Å². The van der Waals surface area contributed by atoms with Gasteiger partial charge < -0.3 is 0 Å². The van der Waals surface area contributed by atoms with Gasteiger partial charge in [-0.2, -0.15) is 13.2 Å². The van der Waals surface area contributed by atoms with Crippen molar-refractivity contribution >= 4 is 21.4 Å². The largest absolute Gasteiger partial charge is 0.501 e. The predicted molar refractivity (Wildman–Crippen MR) is 82.0 cm³/mol. The summed E-state index contributed by atoms with van der Waals surface area (Å²) in [6.45, 7) is 3.83. The second kappa shape index (κ2) is 6.13. The number of benzene rings is 1. The highest BCUT2D eigenvalue weighted by Crippen LogP contribution is 2.35. The summed E-state index contributed by atoms with van der Waals surface area (Å²) in [7, 11) is -5.44. The lowest BCUT2D eigenvalue weighted by Crippen LogP contribution is -2.23. The van der Waals surface area contributed by atoms with Crippen molar-refractivity contribution in [1.29, 1.82) is 0 Å². The highest BCUT2D eigenvalue weighted by Gasteiger charge is 2.47. The highest BCUT2D eigenvalue weighted by atomic mass is 35.5. The van der Waals surface area contributed by atoms with Gasteiger partial charge in [-0.05, 0) is 36.2 Å². The molecular formula is C15H13ClF3NO2S. The van der Waals surface area contributed by atoms with E-state index in [9.17, 15) is 21.6 Å². The van der Waals surface area contributed by atoms with E-state index in [-0.39, 0.29) is 16.5 Å². The van der Waals surface area contributed by atoms with Gasteiger partial charge >= 0.3 is 5.51 Å². The normalized spacial score (nSPS) is 12.7. The van der Waals surface area contributed by atoms with Crippen LogP contribution in [0.15, 0.2) is 41.3 Å². The van der Waals surface area contributed by atoms with E-state index in [2.05, 4.69) is 4.98 Å². The number of nitrogens with zero attached hydrogens (tertiary/aromatic N) is 1. The second-order valence-corrected chi connectivity index (χ2v) is 7.54. The fourth-order valence-electron chi connectivity index (χ4n) is 1.92. The van der Waals surface area contributed by atoms with Crippen LogP contribution in [-0.2, 0) is 9.84 Å². The summed E-state index contributed by atoms with van der Waals surface area (Å²) < 4.78 is 61.1. The number of hydrogen-bond acceptors (Lipinski definition) is 3. The number of halogens is 4. The number of pyridine rings is 1. The van der Waals surface area contributed by atoms with Crippen molar-refractivity contribution in [3.05, 3.63) is 47.1 Å². The minimum atomic E-state index is -5.44. The summed E-state index contributed by atoms with van der Waals surface area (Å²) in [4.78, 5) is 3.47. The van der Waals surface area contributed by atoms with E-state index in [1.807, 2.05) is 13.8 Å². The van der Waals surface area contributed by atoms with Gasteiger partial charge in [0, 0.05) is 11.3 Å². The Hall–Kier alpha value is -1.60. The van der Waals surface area contributed by atoms with Crippen LogP contribution in [-0.4, -0.2) is 18.9 Å². The molecule has 0 spiro atoms. The van der Waals surface area contributed by atoms with Crippen LogP contribution in [0.4, 0.5) is 13.2 Å². The summed E-state index contributed by atoms with van der Waals surface area (Å²) in [6, 6.07) is 7.90. The van der Waals surface area contributed by atoms with E-state index in [4.69, 9.17) is 11.6 Å². The Labute approximate surface area is 137 Å². The topological polar surface area (TPSA) is 47.0 Å². The lowest BCUT2D eigenvalue weighted by Gasteiger charge is -2.12. The quantitative estimate of drug-likeness (QED) is 0.785. The Morgan fingerprint density at radius 1 is 1.13 bits per heavy atom. The first-order chi connectivity index (χ1) is 10.5. The van der Waals surface area contributed by atoms with Gasteiger partial charge in [-0.15, -0.1) is 0 Å². The zero-order valence-electron chi connectivity index (χ0n) is 12.2. The number of sulfone groups is 1. The van der Waals surface area contributed by atoms with Crippen LogP contribution < -0.4 is 0 Å². The van der Waals surface area contributed by atoms with Gasteiger partial charge in [0.05, 0.1) is 15.6 Å². The molecule has 0 amide bonds. The van der Waals surface area contributed by atoms with Crippen molar-refractivity contribution in [3.63, 3.8) is 0 Å². The minimum absolute atomic E-state index is 0.107. The lowest BCUT2D eigenvalue weighted by molar-refractivity contribution is -0.0435. The van der Waals surface area contributed by atoms with Crippen LogP contribution in [0.3, 0.4) is 0 Å². The van der Waals surface area contributed by atoms with E-state index < -0.39 is 20.2 Å². The molecule has 2 aromatic rings. The summed E-state index contributed by atoms with van der Waals surface area (Å²) in [5, 5.41) is 0.125. The van der Waals surface area contributed by atoms with Crippen LogP contribution in [0.25, 0.3) is 11.3 Å². The van der Waals surface area contributed by atoms with Crippen molar-refractivity contribution in [3.8, 4) is 11.3 Å². The molecule has 0 bridgehead atoms. The maximum absolute atomic E-state index is 12.7. The molecule has 0 aliphatic carbocycles. The molecule has 0 unspecified atom stereocenters. The fraction of sp³-hybridized carbons (Fsp3) is 0.267. The molecule has 0 atom stereocenters. The standard InChI is InChI=1S/C15H13ClF3NO2S/c1-9(2)13-4-3-5-14(20-13)11-8-10(6-7-12(11)16)23(21,22)15(17,18)19/h3-9H,1-2H3. The number of rotatable bonds is 3. The maximum atomic E-state index is 12.7.